The fourth-order valence-electron chi connectivity index (χ4n) is 3.68. The molecule has 0 fully saturated rings. The summed E-state index contributed by atoms with van der Waals surface area (Å²) in [5.41, 5.74) is 0.170. The van der Waals surface area contributed by atoms with E-state index >= 15 is 0 Å². The number of esters is 1. The maximum absolute atomic E-state index is 13.2. The zero-order valence-corrected chi connectivity index (χ0v) is 19.8. The number of hydrogen-bond acceptors (Lipinski definition) is 5. The molecule has 0 N–H and O–H groups in total. The lowest BCUT2D eigenvalue weighted by Gasteiger charge is -2.31. The highest BCUT2D eigenvalue weighted by Crippen LogP contribution is 2.39. The molecule has 3 rings (SSSR count). The lowest BCUT2D eigenvalue weighted by Crippen LogP contribution is -2.47. The van der Waals surface area contributed by atoms with Crippen LogP contribution in [0.3, 0.4) is 0 Å². The lowest BCUT2D eigenvalue weighted by molar-refractivity contribution is -0.168. The SMILES string of the molecule is CCOC(=O)C(Cc1ccccc1)(C[PH](=O)CSc1cccc2ccccc12)OCC. The number of fused-ring (bicyclic) bond motifs is 1. The van der Waals surface area contributed by atoms with Gasteiger partial charge in [0.2, 0.25) is 0 Å². The molecule has 0 heterocycles. The number of rotatable bonds is 11. The summed E-state index contributed by atoms with van der Waals surface area (Å²) in [6.45, 7) is 4.23. The molecule has 0 radical (unpaired) electrons. The van der Waals surface area contributed by atoms with Crippen molar-refractivity contribution < 1.29 is 18.8 Å². The Morgan fingerprint density at radius 1 is 0.935 bits per heavy atom. The van der Waals surface area contributed by atoms with Gasteiger partial charge in [0.05, 0.1) is 14.4 Å². The zero-order valence-electron chi connectivity index (χ0n) is 18.0. The summed E-state index contributed by atoms with van der Waals surface area (Å²) in [6, 6.07) is 24.0. The second kappa shape index (κ2) is 11.5. The van der Waals surface area contributed by atoms with Crippen molar-refractivity contribution in [1.29, 1.82) is 0 Å². The average molecular weight is 457 g/mol. The summed E-state index contributed by atoms with van der Waals surface area (Å²) >= 11 is 1.57. The van der Waals surface area contributed by atoms with E-state index in [4.69, 9.17) is 9.47 Å². The van der Waals surface area contributed by atoms with Crippen molar-refractivity contribution in [3.63, 3.8) is 0 Å². The molecule has 0 saturated heterocycles. The second-order valence-electron chi connectivity index (χ2n) is 7.29. The summed E-state index contributed by atoms with van der Waals surface area (Å²) in [5.74, 6) is -0.436. The summed E-state index contributed by atoms with van der Waals surface area (Å²) in [7, 11) is -2.13. The molecule has 0 aromatic heterocycles. The minimum atomic E-state index is -2.13. The Morgan fingerprint density at radius 3 is 2.39 bits per heavy atom. The van der Waals surface area contributed by atoms with Crippen molar-refractivity contribution >= 4 is 36.3 Å². The van der Waals surface area contributed by atoms with E-state index in [-0.39, 0.29) is 12.8 Å². The van der Waals surface area contributed by atoms with Gasteiger partial charge in [-0.1, -0.05) is 66.7 Å². The van der Waals surface area contributed by atoms with Gasteiger partial charge in [-0.3, -0.25) is 0 Å². The maximum Gasteiger partial charge on any atom is 0.339 e. The molecule has 0 aliphatic heterocycles. The molecule has 0 aliphatic carbocycles. The third-order valence-corrected chi connectivity index (χ3v) is 8.52. The third-order valence-electron chi connectivity index (χ3n) is 5.02. The van der Waals surface area contributed by atoms with Crippen LogP contribution in [0, 0.1) is 0 Å². The number of carbonyl (C=O) groups is 1. The molecule has 0 aliphatic rings. The Hall–Kier alpha value is -2.07. The fraction of sp³-hybridized carbons (Fsp3) is 0.320. The van der Waals surface area contributed by atoms with Crippen LogP contribution < -0.4 is 0 Å². The van der Waals surface area contributed by atoms with Gasteiger partial charge in [-0.25, -0.2) is 4.79 Å². The monoisotopic (exact) mass is 456 g/mol. The van der Waals surface area contributed by atoms with E-state index in [1.54, 1.807) is 18.7 Å². The molecule has 2 atom stereocenters. The molecular formula is C25H29O4PS. The van der Waals surface area contributed by atoms with Crippen LogP contribution in [0.4, 0.5) is 0 Å². The number of hydrogen-bond donors (Lipinski definition) is 0. The highest BCUT2D eigenvalue weighted by molar-refractivity contribution is 8.04. The third kappa shape index (κ3) is 6.22. The van der Waals surface area contributed by atoms with Gasteiger partial charge in [0.1, 0.15) is 0 Å². The minimum absolute atomic E-state index is 0.164. The zero-order chi connectivity index (χ0) is 22.1. The molecule has 0 spiro atoms. The van der Waals surface area contributed by atoms with E-state index in [1.807, 2.05) is 61.5 Å². The molecular weight excluding hydrogens is 427 g/mol. The van der Waals surface area contributed by atoms with E-state index in [0.717, 1.165) is 21.2 Å². The molecule has 0 amide bonds. The number of benzene rings is 3. The summed E-state index contributed by atoms with van der Waals surface area (Å²) in [5, 5.41) is 2.31. The molecule has 0 saturated carbocycles. The molecule has 31 heavy (non-hydrogen) atoms. The van der Waals surface area contributed by atoms with Gasteiger partial charge >= 0.3 is 5.97 Å². The second-order valence-corrected chi connectivity index (χ2v) is 10.6. The van der Waals surface area contributed by atoms with Crippen LogP contribution in [0.2, 0.25) is 0 Å². The van der Waals surface area contributed by atoms with Crippen LogP contribution in [0.1, 0.15) is 19.4 Å². The van der Waals surface area contributed by atoms with E-state index in [1.165, 1.54) is 0 Å². The summed E-state index contributed by atoms with van der Waals surface area (Å²) in [4.78, 5) is 14.1. The number of carbonyl (C=O) groups excluding carboxylic acids is 1. The topological polar surface area (TPSA) is 52.6 Å². The Labute approximate surface area is 189 Å². The van der Waals surface area contributed by atoms with Gasteiger partial charge in [-0.2, -0.15) is 0 Å². The van der Waals surface area contributed by atoms with Crippen LogP contribution in [-0.2, 0) is 25.3 Å². The van der Waals surface area contributed by atoms with Crippen molar-refractivity contribution in [3.05, 3.63) is 78.4 Å². The predicted molar refractivity (Wildman–Crippen MR) is 130 cm³/mol. The first-order valence-electron chi connectivity index (χ1n) is 10.6. The van der Waals surface area contributed by atoms with Crippen LogP contribution >= 0.6 is 19.6 Å². The average Bonchev–Trinajstić information content (AvgIpc) is 2.78. The quantitative estimate of drug-likeness (QED) is 0.200. The smallest absolute Gasteiger partial charge is 0.339 e. The maximum atomic E-state index is 13.2. The first-order chi connectivity index (χ1) is 15.1. The summed E-state index contributed by atoms with van der Waals surface area (Å²) < 4.78 is 24.6. The van der Waals surface area contributed by atoms with Crippen molar-refractivity contribution in [2.24, 2.45) is 0 Å². The van der Waals surface area contributed by atoms with Crippen molar-refractivity contribution in [1.82, 2.24) is 0 Å². The summed E-state index contributed by atoms with van der Waals surface area (Å²) in [6.07, 6.45) is 0.507. The molecule has 2 unspecified atom stereocenters. The van der Waals surface area contributed by atoms with Crippen LogP contribution in [0.5, 0.6) is 0 Å². The molecule has 3 aromatic rings. The van der Waals surface area contributed by atoms with Crippen LogP contribution in [0.15, 0.2) is 77.7 Å². The highest BCUT2D eigenvalue weighted by Gasteiger charge is 2.42. The van der Waals surface area contributed by atoms with Gasteiger partial charge in [-0.05, 0) is 36.2 Å². The minimum Gasteiger partial charge on any atom is -0.464 e. The number of thioether (sulfide) groups is 1. The Bertz CT molecular complexity index is 1020. The highest BCUT2D eigenvalue weighted by atomic mass is 32.2. The van der Waals surface area contributed by atoms with Gasteiger partial charge < -0.3 is 14.0 Å². The van der Waals surface area contributed by atoms with Gasteiger partial charge in [0, 0.05) is 29.6 Å². The van der Waals surface area contributed by atoms with Crippen LogP contribution in [-0.4, -0.2) is 36.4 Å². The first kappa shape index (κ1) is 23.6. The predicted octanol–water partition coefficient (Wildman–Crippen LogP) is 6.03. The van der Waals surface area contributed by atoms with E-state index in [9.17, 15) is 9.36 Å². The number of ether oxygens (including phenoxy) is 2. The van der Waals surface area contributed by atoms with Crippen molar-refractivity contribution in [2.45, 2.75) is 30.8 Å². The normalized spacial score (nSPS) is 14.1. The molecule has 6 heteroatoms. The van der Waals surface area contributed by atoms with E-state index < -0.39 is 19.4 Å². The molecule has 164 valence electrons. The Balaban J connectivity index is 1.78. The van der Waals surface area contributed by atoms with Gasteiger partial charge in [0.25, 0.3) is 0 Å². The lowest BCUT2D eigenvalue weighted by atomic mass is 9.96. The Morgan fingerprint density at radius 2 is 1.65 bits per heavy atom. The van der Waals surface area contributed by atoms with Gasteiger partial charge in [0.15, 0.2) is 5.60 Å². The van der Waals surface area contributed by atoms with Crippen LogP contribution in [0.25, 0.3) is 10.8 Å². The standard InChI is InChI=1S/C25H29O4PS/c1-3-28-24(26)25(29-4-2,17-20-11-6-5-7-12-20)18-30(27)19-31-23-16-10-14-21-13-8-9-15-22(21)23/h5-16,30H,3-4,17-19H2,1-2H3. The van der Waals surface area contributed by atoms with E-state index in [2.05, 4.69) is 18.2 Å². The molecule has 4 nitrogen and oxygen atoms in total. The van der Waals surface area contributed by atoms with E-state index in [0.29, 0.717) is 18.5 Å². The molecule has 3 aromatic carbocycles. The van der Waals surface area contributed by atoms with Crippen molar-refractivity contribution in [2.75, 3.05) is 24.9 Å². The van der Waals surface area contributed by atoms with Gasteiger partial charge in [-0.15, -0.1) is 11.8 Å². The molecule has 0 bridgehead atoms. The largest absolute Gasteiger partial charge is 0.464 e. The Kier molecular flexibility index (Phi) is 8.77. The fourth-order valence-corrected chi connectivity index (χ4v) is 6.88. The van der Waals surface area contributed by atoms with Crippen molar-refractivity contribution in [3.8, 4) is 0 Å². The first-order valence-corrected chi connectivity index (χ1v) is 13.4.